The molecule has 3 rings (SSSR count). The molecule has 21 heavy (non-hydrogen) atoms. The first kappa shape index (κ1) is 14.6. The van der Waals surface area contributed by atoms with Crippen LogP contribution < -0.4 is 10.6 Å². The molecule has 0 spiro atoms. The van der Waals surface area contributed by atoms with E-state index in [4.69, 9.17) is 4.74 Å². The highest BCUT2D eigenvalue weighted by Crippen LogP contribution is 2.29. The highest BCUT2D eigenvalue weighted by molar-refractivity contribution is 7.11. The lowest BCUT2D eigenvalue weighted by molar-refractivity contribution is 0.0800. The fourth-order valence-electron chi connectivity index (χ4n) is 2.39. The van der Waals surface area contributed by atoms with E-state index in [-0.39, 0.29) is 18.1 Å². The molecule has 6 heteroatoms. The number of amides is 2. The minimum absolute atomic E-state index is 0.0650. The minimum atomic E-state index is -0.103. The van der Waals surface area contributed by atoms with Crippen LogP contribution in [0.3, 0.4) is 0 Å². The van der Waals surface area contributed by atoms with Crippen molar-refractivity contribution in [1.29, 1.82) is 0 Å². The number of rotatable bonds is 4. The molecule has 0 atom stereocenters. The average Bonchev–Trinajstić information content (AvgIpc) is 3.19. The summed E-state index contributed by atoms with van der Waals surface area (Å²) < 4.78 is 5.31. The van der Waals surface area contributed by atoms with Crippen LogP contribution in [0.4, 0.5) is 4.79 Å². The van der Waals surface area contributed by atoms with Crippen molar-refractivity contribution in [3.8, 4) is 0 Å². The molecule has 2 amide bonds. The molecule has 0 saturated carbocycles. The van der Waals surface area contributed by atoms with Crippen molar-refractivity contribution in [2.45, 2.75) is 24.9 Å². The average molecular weight is 322 g/mol. The van der Waals surface area contributed by atoms with Gasteiger partial charge in [0.25, 0.3) is 0 Å². The van der Waals surface area contributed by atoms with E-state index in [2.05, 4.69) is 22.8 Å². The fraction of sp³-hybridized carbons (Fsp3) is 0.400. The summed E-state index contributed by atoms with van der Waals surface area (Å²) in [7, 11) is 0. The largest absolute Gasteiger partial charge is 0.381 e. The Balaban J connectivity index is 1.65. The van der Waals surface area contributed by atoms with E-state index in [1.807, 2.05) is 22.9 Å². The lowest BCUT2D eigenvalue weighted by Gasteiger charge is -2.24. The Hall–Kier alpha value is -1.37. The second-order valence-corrected chi connectivity index (χ2v) is 6.93. The molecule has 1 fully saturated rings. The van der Waals surface area contributed by atoms with Crippen LogP contribution in [0.1, 0.15) is 28.6 Å². The molecular weight excluding hydrogens is 304 g/mol. The molecule has 0 radical (unpaired) electrons. The van der Waals surface area contributed by atoms with Crippen LogP contribution in [0.25, 0.3) is 0 Å². The van der Waals surface area contributed by atoms with Gasteiger partial charge in [-0.2, -0.15) is 0 Å². The number of nitrogens with one attached hydrogen (secondary N) is 2. The second kappa shape index (κ2) is 7.06. The molecular formula is C15H18N2O2S2. The van der Waals surface area contributed by atoms with Gasteiger partial charge in [0.1, 0.15) is 0 Å². The van der Waals surface area contributed by atoms with Crippen LogP contribution in [-0.4, -0.2) is 25.3 Å². The summed E-state index contributed by atoms with van der Waals surface area (Å²) in [6.45, 7) is 1.45. The van der Waals surface area contributed by atoms with E-state index in [1.165, 1.54) is 0 Å². The number of carbonyl (C=O) groups excluding carboxylic acids is 1. The molecule has 1 saturated heterocycles. The Kier molecular flexibility index (Phi) is 4.90. The third kappa shape index (κ3) is 3.84. The van der Waals surface area contributed by atoms with Crippen molar-refractivity contribution in [1.82, 2.24) is 10.6 Å². The molecule has 112 valence electrons. The van der Waals surface area contributed by atoms with Gasteiger partial charge in [-0.25, -0.2) is 4.79 Å². The maximum atomic E-state index is 12.3. The highest BCUT2D eigenvalue weighted by Gasteiger charge is 2.21. The smallest absolute Gasteiger partial charge is 0.315 e. The van der Waals surface area contributed by atoms with Crippen LogP contribution >= 0.6 is 22.7 Å². The first-order valence-electron chi connectivity index (χ1n) is 7.04. The first-order chi connectivity index (χ1) is 10.3. The van der Waals surface area contributed by atoms with Gasteiger partial charge in [-0.05, 0) is 35.7 Å². The third-order valence-electron chi connectivity index (χ3n) is 3.49. The van der Waals surface area contributed by atoms with Gasteiger partial charge in [0.15, 0.2) is 0 Å². The van der Waals surface area contributed by atoms with Crippen LogP contribution in [-0.2, 0) is 4.74 Å². The van der Waals surface area contributed by atoms with Gasteiger partial charge in [0.2, 0.25) is 0 Å². The maximum absolute atomic E-state index is 12.3. The number of urea groups is 1. The zero-order valence-electron chi connectivity index (χ0n) is 11.6. The minimum Gasteiger partial charge on any atom is -0.381 e. The Morgan fingerprint density at radius 2 is 1.76 bits per heavy atom. The summed E-state index contributed by atoms with van der Waals surface area (Å²) in [5, 5.41) is 10.2. The van der Waals surface area contributed by atoms with Crippen molar-refractivity contribution < 1.29 is 9.53 Å². The fourth-order valence-corrected chi connectivity index (χ4v) is 4.05. The predicted octanol–water partition coefficient (Wildman–Crippen LogP) is 3.38. The number of thiophene rings is 2. The molecule has 2 N–H and O–H groups in total. The SMILES string of the molecule is O=C(NC1CCOCC1)NC(c1cccs1)c1cccs1. The molecule has 2 aromatic heterocycles. The number of carbonyl (C=O) groups is 1. The summed E-state index contributed by atoms with van der Waals surface area (Å²) in [4.78, 5) is 14.6. The maximum Gasteiger partial charge on any atom is 0.315 e. The molecule has 0 bridgehead atoms. The van der Waals surface area contributed by atoms with Gasteiger partial charge in [-0.3, -0.25) is 0 Å². The summed E-state index contributed by atoms with van der Waals surface area (Å²) in [6, 6.07) is 8.19. The summed E-state index contributed by atoms with van der Waals surface area (Å²) >= 11 is 3.32. The van der Waals surface area contributed by atoms with Crippen LogP contribution in [0, 0.1) is 0 Å². The molecule has 0 aromatic carbocycles. The highest BCUT2D eigenvalue weighted by atomic mass is 32.1. The summed E-state index contributed by atoms with van der Waals surface area (Å²) in [6.07, 6.45) is 1.77. The van der Waals surface area contributed by atoms with Gasteiger partial charge in [-0.1, -0.05) is 12.1 Å². The monoisotopic (exact) mass is 322 g/mol. The van der Waals surface area contributed by atoms with Gasteiger partial charge in [0.05, 0.1) is 6.04 Å². The molecule has 1 aliphatic rings. The van der Waals surface area contributed by atoms with Crippen LogP contribution in [0.15, 0.2) is 35.0 Å². The van der Waals surface area contributed by atoms with E-state index < -0.39 is 0 Å². The zero-order valence-corrected chi connectivity index (χ0v) is 13.2. The zero-order chi connectivity index (χ0) is 14.5. The summed E-state index contributed by atoms with van der Waals surface area (Å²) in [5.74, 6) is 0. The van der Waals surface area contributed by atoms with E-state index in [0.717, 1.165) is 35.8 Å². The quantitative estimate of drug-likeness (QED) is 0.906. The van der Waals surface area contributed by atoms with Crippen molar-refractivity contribution in [3.63, 3.8) is 0 Å². The number of hydrogen-bond donors (Lipinski definition) is 2. The molecule has 1 aliphatic heterocycles. The molecule has 2 aromatic rings. The Morgan fingerprint density at radius 1 is 1.14 bits per heavy atom. The van der Waals surface area contributed by atoms with E-state index in [1.54, 1.807) is 22.7 Å². The second-order valence-electron chi connectivity index (χ2n) is 4.97. The number of ether oxygens (including phenoxy) is 1. The van der Waals surface area contributed by atoms with E-state index >= 15 is 0 Å². The van der Waals surface area contributed by atoms with Gasteiger partial charge < -0.3 is 15.4 Å². The first-order valence-corrected chi connectivity index (χ1v) is 8.80. The lowest BCUT2D eigenvalue weighted by Crippen LogP contribution is -2.45. The van der Waals surface area contributed by atoms with Crippen LogP contribution in [0.2, 0.25) is 0 Å². The predicted molar refractivity (Wildman–Crippen MR) is 86.0 cm³/mol. The number of hydrogen-bond acceptors (Lipinski definition) is 4. The molecule has 4 nitrogen and oxygen atoms in total. The Labute approximate surface area is 132 Å². The topological polar surface area (TPSA) is 50.4 Å². The molecule has 0 unspecified atom stereocenters. The van der Waals surface area contributed by atoms with Crippen molar-refractivity contribution in [3.05, 3.63) is 44.8 Å². The van der Waals surface area contributed by atoms with E-state index in [9.17, 15) is 4.79 Å². The Bertz CT molecular complexity index is 514. The van der Waals surface area contributed by atoms with Gasteiger partial charge in [0, 0.05) is 29.0 Å². The van der Waals surface area contributed by atoms with Crippen molar-refractivity contribution >= 4 is 28.7 Å². The lowest BCUT2D eigenvalue weighted by atomic mass is 10.1. The van der Waals surface area contributed by atoms with Crippen LogP contribution in [0.5, 0.6) is 0 Å². The molecule has 3 heterocycles. The molecule has 0 aliphatic carbocycles. The van der Waals surface area contributed by atoms with Crippen molar-refractivity contribution in [2.24, 2.45) is 0 Å². The third-order valence-corrected chi connectivity index (χ3v) is 5.36. The standard InChI is InChI=1S/C15H18N2O2S2/c18-15(16-11-5-7-19-8-6-11)17-14(12-3-1-9-20-12)13-4-2-10-21-13/h1-4,9-11,14H,5-8H2,(H2,16,17,18). The van der Waals surface area contributed by atoms with Crippen molar-refractivity contribution in [2.75, 3.05) is 13.2 Å². The van der Waals surface area contributed by atoms with E-state index in [0.29, 0.717) is 0 Å². The summed E-state index contributed by atoms with van der Waals surface area (Å²) in [5.41, 5.74) is 0. The normalized spacial score (nSPS) is 16.0. The van der Waals surface area contributed by atoms with Gasteiger partial charge in [-0.15, -0.1) is 22.7 Å². The Morgan fingerprint density at radius 3 is 2.29 bits per heavy atom. The van der Waals surface area contributed by atoms with Gasteiger partial charge >= 0.3 is 6.03 Å².